The summed E-state index contributed by atoms with van der Waals surface area (Å²) in [7, 11) is 0. The van der Waals surface area contributed by atoms with Crippen molar-refractivity contribution in [2.24, 2.45) is 0 Å². The number of carboxylic acids is 1. The summed E-state index contributed by atoms with van der Waals surface area (Å²) in [6.45, 7) is -0.0635. The van der Waals surface area contributed by atoms with Gasteiger partial charge in [-0.05, 0) is 0 Å². The molecule has 5 nitrogen and oxygen atoms in total. The minimum absolute atomic E-state index is 0.0556. The summed E-state index contributed by atoms with van der Waals surface area (Å²) in [4.78, 5) is 22.2. The molecule has 0 saturated carbocycles. The van der Waals surface area contributed by atoms with Crippen LogP contribution in [-0.2, 0) is 14.3 Å². The molecule has 98 valence electrons. The summed E-state index contributed by atoms with van der Waals surface area (Å²) < 4.78 is 40.4. The van der Waals surface area contributed by atoms with E-state index >= 15 is 0 Å². The molecule has 1 amide bonds. The van der Waals surface area contributed by atoms with Crippen molar-refractivity contribution in [3.05, 3.63) is 0 Å². The van der Waals surface area contributed by atoms with Crippen LogP contribution in [0.3, 0.4) is 0 Å². The van der Waals surface area contributed by atoms with Gasteiger partial charge in [0.05, 0.1) is 13.0 Å². The number of hydrogen-bond acceptors (Lipinski definition) is 3. The van der Waals surface area contributed by atoms with Crippen molar-refractivity contribution in [2.75, 3.05) is 13.2 Å². The Kier molecular flexibility index (Phi) is 3.97. The van der Waals surface area contributed by atoms with Gasteiger partial charge in [0.25, 0.3) is 0 Å². The number of alkyl halides is 3. The summed E-state index contributed by atoms with van der Waals surface area (Å²) in [5, 5.41) is 11.0. The highest BCUT2D eigenvalue weighted by atomic mass is 19.4. The summed E-state index contributed by atoms with van der Waals surface area (Å²) in [6, 6.07) is 0. The van der Waals surface area contributed by atoms with E-state index in [0.29, 0.717) is 0 Å². The molecular formula is C9H12F3NO4. The highest BCUT2D eigenvalue weighted by molar-refractivity contribution is 5.87. The Bertz CT molecular complexity index is 310. The predicted molar refractivity (Wildman–Crippen MR) is 49.2 cm³/mol. The molecule has 1 aliphatic heterocycles. The van der Waals surface area contributed by atoms with Gasteiger partial charge in [-0.3, -0.25) is 4.79 Å². The fourth-order valence-electron chi connectivity index (χ4n) is 1.47. The van der Waals surface area contributed by atoms with E-state index in [1.165, 1.54) is 0 Å². The molecule has 1 aliphatic rings. The number of carboxylic acid groups (broad SMARTS) is 1. The van der Waals surface area contributed by atoms with Crippen molar-refractivity contribution in [3.8, 4) is 0 Å². The molecule has 1 fully saturated rings. The molecule has 8 heteroatoms. The van der Waals surface area contributed by atoms with E-state index in [4.69, 9.17) is 9.84 Å². The van der Waals surface area contributed by atoms with Gasteiger partial charge in [0.1, 0.15) is 0 Å². The van der Waals surface area contributed by atoms with E-state index < -0.39 is 36.4 Å². The van der Waals surface area contributed by atoms with Gasteiger partial charge in [-0.15, -0.1) is 0 Å². The van der Waals surface area contributed by atoms with Gasteiger partial charge >= 0.3 is 12.1 Å². The van der Waals surface area contributed by atoms with Gasteiger partial charge < -0.3 is 15.2 Å². The molecule has 0 aromatic carbocycles. The number of aliphatic carboxylic acids is 1. The molecule has 0 spiro atoms. The van der Waals surface area contributed by atoms with Crippen LogP contribution in [-0.4, -0.2) is 41.9 Å². The molecule has 0 aromatic rings. The highest BCUT2D eigenvalue weighted by Crippen LogP contribution is 2.23. The van der Waals surface area contributed by atoms with Gasteiger partial charge in [-0.2, -0.15) is 13.2 Å². The zero-order chi connectivity index (χ0) is 13.1. The lowest BCUT2D eigenvalue weighted by Gasteiger charge is -2.23. The first-order valence-corrected chi connectivity index (χ1v) is 4.94. The first-order chi connectivity index (χ1) is 7.75. The van der Waals surface area contributed by atoms with E-state index in [-0.39, 0.29) is 19.6 Å². The summed E-state index contributed by atoms with van der Waals surface area (Å²) in [6.07, 6.45) is -6.42. The zero-order valence-electron chi connectivity index (χ0n) is 8.84. The molecule has 0 bridgehead atoms. The Morgan fingerprint density at radius 2 is 2.06 bits per heavy atom. The van der Waals surface area contributed by atoms with Crippen LogP contribution in [0.2, 0.25) is 0 Å². The van der Waals surface area contributed by atoms with Crippen LogP contribution in [0, 0.1) is 0 Å². The standard InChI is InChI=1S/C9H12F3NO4/c10-9(11,12)2-1-6(14)13-8(7(15)16)3-4-17-5-8/h1-5H2,(H,13,14)(H,15,16). The monoisotopic (exact) mass is 255 g/mol. The third-order valence-electron chi connectivity index (χ3n) is 2.45. The van der Waals surface area contributed by atoms with Gasteiger partial charge in [0.2, 0.25) is 5.91 Å². The molecule has 1 saturated heterocycles. The smallest absolute Gasteiger partial charge is 0.389 e. The Balaban J connectivity index is 2.51. The molecule has 0 aliphatic carbocycles. The molecule has 0 radical (unpaired) electrons. The second-order valence-electron chi connectivity index (χ2n) is 3.85. The van der Waals surface area contributed by atoms with Gasteiger partial charge in [0.15, 0.2) is 5.54 Å². The number of rotatable bonds is 4. The Morgan fingerprint density at radius 1 is 1.41 bits per heavy atom. The molecule has 2 N–H and O–H groups in total. The number of ether oxygens (including phenoxy) is 1. The number of halogens is 3. The van der Waals surface area contributed by atoms with Crippen LogP contribution in [0.5, 0.6) is 0 Å². The minimum Gasteiger partial charge on any atom is -0.479 e. The molecule has 0 aromatic heterocycles. The van der Waals surface area contributed by atoms with Crippen LogP contribution in [0.25, 0.3) is 0 Å². The van der Waals surface area contributed by atoms with Crippen LogP contribution in [0.15, 0.2) is 0 Å². The lowest BCUT2D eigenvalue weighted by Crippen LogP contribution is -2.55. The summed E-state index contributed by atoms with van der Waals surface area (Å²) in [5.41, 5.74) is -1.58. The first-order valence-electron chi connectivity index (χ1n) is 4.94. The van der Waals surface area contributed by atoms with E-state index in [0.717, 1.165) is 0 Å². The average molecular weight is 255 g/mol. The number of amides is 1. The normalized spacial score (nSPS) is 24.6. The van der Waals surface area contributed by atoms with Gasteiger partial charge in [-0.1, -0.05) is 0 Å². The van der Waals surface area contributed by atoms with E-state index in [2.05, 4.69) is 5.32 Å². The van der Waals surface area contributed by atoms with Crippen LogP contribution >= 0.6 is 0 Å². The third-order valence-corrected chi connectivity index (χ3v) is 2.45. The van der Waals surface area contributed by atoms with Crippen molar-refractivity contribution >= 4 is 11.9 Å². The van der Waals surface area contributed by atoms with E-state index in [1.54, 1.807) is 0 Å². The maximum absolute atomic E-state index is 11.9. The molecular weight excluding hydrogens is 243 g/mol. The van der Waals surface area contributed by atoms with Gasteiger partial charge in [0, 0.05) is 19.4 Å². The van der Waals surface area contributed by atoms with Crippen molar-refractivity contribution < 1.29 is 32.6 Å². The lowest BCUT2D eigenvalue weighted by molar-refractivity contribution is -0.150. The van der Waals surface area contributed by atoms with Crippen molar-refractivity contribution in [2.45, 2.75) is 31.0 Å². The zero-order valence-corrected chi connectivity index (χ0v) is 8.84. The topological polar surface area (TPSA) is 75.6 Å². The molecule has 1 unspecified atom stereocenters. The Labute approximate surface area is 94.9 Å². The fraction of sp³-hybridized carbons (Fsp3) is 0.778. The largest absolute Gasteiger partial charge is 0.479 e. The fourth-order valence-corrected chi connectivity index (χ4v) is 1.47. The van der Waals surface area contributed by atoms with Crippen LogP contribution < -0.4 is 5.32 Å². The van der Waals surface area contributed by atoms with E-state index in [1.807, 2.05) is 0 Å². The molecule has 1 rings (SSSR count). The third kappa shape index (κ3) is 3.88. The summed E-state index contributed by atoms with van der Waals surface area (Å²) >= 11 is 0. The van der Waals surface area contributed by atoms with Gasteiger partial charge in [-0.25, -0.2) is 4.79 Å². The van der Waals surface area contributed by atoms with Crippen LogP contribution in [0.1, 0.15) is 19.3 Å². The Morgan fingerprint density at radius 3 is 2.47 bits per heavy atom. The number of carbonyl (C=O) groups excluding carboxylic acids is 1. The van der Waals surface area contributed by atoms with Crippen molar-refractivity contribution in [1.82, 2.24) is 5.32 Å². The average Bonchev–Trinajstić information content (AvgIpc) is 2.63. The Hall–Kier alpha value is -1.31. The highest BCUT2D eigenvalue weighted by Gasteiger charge is 2.44. The maximum atomic E-state index is 11.9. The number of nitrogens with one attached hydrogen (secondary N) is 1. The molecule has 17 heavy (non-hydrogen) atoms. The maximum Gasteiger partial charge on any atom is 0.389 e. The molecule has 1 atom stereocenters. The minimum atomic E-state index is -4.43. The number of hydrogen-bond donors (Lipinski definition) is 2. The SMILES string of the molecule is O=C(CCC(F)(F)F)NC1(C(=O)O)CCOC1. The second kappa shape index (κ2) is 4.91. The summed E-state index contributed by atoms with van der Waals surface area (Å²) in [5.74, 6) is -2.23. The van der Waals surface area contributed by atoms with E-state index in [9.17, 15) is 22.8 Å². The quantitative estimate of drug-likeness (QED) is 0.775. The predicted octanol–water partition coefficient (Wildman–Crippen LogP) is 0.689. The van der Waals surface area contributed by atoms with Crippen molar-refractivity contribution in [1.29, 1.82) is 0 Å². The number of carbonyl (C=O) groups is 2. The van der Waals surface area contributed by atoms with Crippen molar-refractivity contribution in [3.63, 3.8) is 0 Å². The van der Waals surface area contributed by atoms with Crippen LogP contribution in [0.4, 0.5) is 13.2 Å². The lowest BCUT2D eigenvalue weighted by atomic mass is 9.98. The first kappa shape index (κ1) is 13.8. The second-order valence-corrected chi connectivity index (χ2v) is 3.85. The molecule has 1 heterocycles.